The summed E-state index contributed by atoms with van der Waals surface area (Å²) in [6.45, 7) is 9.51. The number of hydrogen-bond donors (Lipinski definition) is 0. The molecular formula is C70H67N9O10. The fourth-order valence-corrected chi connectivity index (χ4v) is 9.87. The van der Waals surface area contributed by atoms with Gasteiger partial charge in [0.25, 0.3) is 0 Å². The molecule has 0 bridgehead atoms. The molecule has 0 atom stereocenters. The lowest BCUT2D eigenvalue weighted by Gasteiger charge is -2.11. The Bertz CT molecular complexity index is 4310. The molecule has 12 aromatic rings. The van der Waals surface area contributed by atoms with E-state index >= 15 is 0 Å². The van der Waals surface area contributed by atoms with E-state index in [4.69, 9.17) is 57.8 Å². The van der Waals surface area contributed by atoms with Crippen molar-refractivity contribution in [1.82, 2.24) is 43.1 Å². The Morgan fingerprint density at radius 3 is 1.10 bits per heavy atom. The van der Waals surface area contributed by atoms with Crippen LogP contribution in [0.15, 0.2) is 193 Å². The molecule has 0 radical (unpaired) electrons. The highest BCUT2D eigenvalue weighted by atomic mass is 16.7. The van der Waals surface area contributed by atoms with Gasteiger partial charge in [0.2, 0.25) is 38.0 Å². The number of ether oxygens (including phenoxy) is 6. The van der Waals surface area contributed by atoms with Gasteiger partial charge in [0.05, 0.1) is 46.8 Å². The number of nitrogens with zero attached hydrogens (tertiary/aromatic N) is 9. The van der Waals surface area contributed by atoms with Gasteiger partial charge in [0.15, 0.2) is 16.9 Å². The quantitative estimate of drug-likeness (QED) is 0.0372. The van der Waals surface area contributed by atoms with Gasteiger partial charge in [-0.3, -0.25) is 32.6 Å². The van der Waals surface area contributed by atoms with Gasteiger partial charge in [-0.2, -0.15) is 0 Å². The average Bonchev–Trinajstić information content (AvgIpc) is 1.71. The molecule has 19 nitrogen and oxygen atoms in total. The van der Waals surface area contributed by atoms with Gasteiger partial charge in [-0.1, -0.05) is 166 Å². The first-order chi connectivity index (χ1) is 43.4. The van der Waals surface area contributed by atoms with Crippen molar-refractivity contribution in [3.8, 4) is 40.2 Å². The zero-order chi connectivity index (χ0) is 62.1. The standard InChI is InChI=1S/C27H23N3O4.C24H23N3O3.C19H21N3O3/c1-19(31)33-18-34-27-24(16-22-13-8-14-32-22)29-26-23(15-20-9-4-2-5-10-20)28-25(17-30(26)27)21-11-6-3-7-12-21;1-3-20-24(30-16-29-17(2)28)27-15-22(19-12-8-5-9-13-19)25-21(23(27)26-20)14-18-10-6-4-7-11-18;1-4-16-19(25-12-24-14(3)23)22-11-13(2)20-17(18(22)21-16)10-15-8-6-5-7-9-15/h2-14,17H,15-16,18H2,1H3;4-13,15H,3,14,16H2,1-2H3;5-9,11H,4,10,12H2,1-3H3. The van der Waals surface area contributed by atoms with E-state index in [9.17, 15) is 14.4 Å². The highest BCUT2D eigenvalue weighted by Crippen LogP contribution is 2.32. The molecule has 452 valence electrons. The molecule has 5 aromatic carbocycles. The lowest BCUT2D eigenvalue weighted by molar-refractivity contribution is -0.148. The van der Waals surface area contributed by atoms with Gasteiger partial charge < -0.3 is 32.8 Å². The third-order valence-electron chi connectivity index (χ3n) is 14.0. The van der Waals surface area contributed by atoms with Crippen molar-refractivity contribution in [3.63, 3.8) is 0 Å². The summed E-state index contributed by atoms with van der Waals surface area (Å²) >= 11 is 0. The van der Waals surface area contributed by atoms with E-state index in [1.165, 1.54) is 26.3 Å². The minimum atomic E-state index is -0.419. The smallest absolute Gasteiger partial charge is 0.305 e. The molecule has 0 aliphatic carbocycles. The number of esters is 3. The van der Waals surface area contributed by atoms with Crippen LogP contribution in [-0.4, -0.2) is 81.4 Å². The zero-order valence-corrected chi connectivity index (χ0v) is 50.4. The maximum absolute atomic E-state index is 11.3. The monoisotopic (exact) mass is 1190 g/mol. The summed E-state index contributed by atoms with van der Waals surface area (Å²) in [5, 5.41) is 0. The Hall–Kier alpha value is -11.0. The maximum atomic E-state index is 11.3. The van der Waals surface area contributed by atoms with Crippen LogP contribution in [0.3, 0.4) is 0 Å². The molecule has 0 N–H and O–H groups in total. The van der Waals surface area contributed by atoms with Crippen molar-refractivity contribution in [1.29, 1.82) is 0 Å². The van der Waals surface area contributed by atoms with Crippen LogP contribution in [-0.2, 0) is 67.1 Å². The lowest BCUT2D eigenvalue weighted by Crippen LogP contribution is -2.09. The third kappa shape index (κ3) is 15.7. The molecule has 7 heterocycles. The number of carbonyl (C=O) groups is 3. The second kappa shape index (κ2) is 29.4. The number of carbonyl (C=O) groups excluding carboxylic acids is 3. The molecule has 0 amide bonds. The molecule has 89 heavy (non-hydrogen) atoms. The Morgan fingerprint density at radius 1 is 0.393 bits per heavy atom. The molecule has 19 heteroatoms. The van der Waals surface area contributed by atoms with Gasteiger partial charge in [-0.05, 0) is 48.6 Å². The highest BCUT2D eigenvalue weighted by molar-refractivity contribution is 5.67. The van der Waals surface area contributed by atoms with Crippen LogP contribution in [0.2, 0.25) is 0 Å². The van der Waals surface area contributed by atoms with Gasteiger partial charge in [-0.25, -0.2) is 24.9 Å². The highest BCUT2D eigenvalue weighted by Gasteiger charge is 2.23. The van der Waals surface area contributed by atoms with E-state index in [2.05, 4.69) is 41.4 Å². The zero-order valence-electron chi connectivity index (χ0n) is 50.4. The van der Waals surface area contributed by atoms with Gasteiger partial charge in [0.1, 0.15) is 22.8 Å². The van der Waals surface area contributed by atoms with Crippen LogP contribution >= 0.6 is 0 Å². The van der Waals surface area contributed by atoms with Crippen molar-refractivity contribution < 1.29 is 47.2 Å². The van der Waals surface area contributed by atoms with Crippen LogP contribution in [0.4, 0.5) is 0 Å². The first kappa shape index (κ1) is 61.1. The third-order valence-corrected chi connectivity index (χ3v) is 14.0. The second-order valence-electron chi connectivity index (χ2n) is 20.5. The van der Waals surface area contributed by atoms with E-state index in [1.54, 1.807) is 6.26 Å². The number of rotatable bonds is 21. The summed E-state index contributed by atoms with van der Waals surface area (Å²) < 4.78 is 43.6. The number of benzene rings is 5. The molecule has 7 aromatic heterocycles. The summed E-state index contributed by atoms with van der Waals surface area (Å²) in [4.78, 5) is 62.4. The van der Waals surface area contributed by atoms with Crippen molar-refractivity contribution in [2.75, 3.05) is 20.4 Å². The first-order valence-corrected chi connectivity index (χ1v) is 29.1. The molecule has 0 aliphatic heterocycles. The number of aryl methyl sites for hydroxylation is 3. The van der Waals surface area contributed by atoms with Crippen molar-refractivity contribution in [2.24, 2.45) is 0 Å². The van der Waals surface area contributed by atoms with E-state index in [0.29, 0.717) is 67.5 Å². The molecular weight excluding hydrogens is 1130 g/mol. The number of aromatic nitrogens is 9. The average molecular weight is 1190 g/mol. The number of furan rings is 1. The minimum Gasteiger partial charge on any atom is -0.469 e. The fourth-order valence-electron chi connectivity index (χ4n) is 9.87. The normalized spacial score (nSPS) is 10.9. The molecule has 0 spiro atoms. The minimum absolute atomic E-state index is 0.133. The van der Waals surface area contributed by atoms with Crippen LogP contribution in [0.25, 0.3) is 39.5 Å². The fraction of sp³-hybridized carbons (Fsp3) is 0.214. The molecule has 0 aliphatic rings. The van der Waals surface area contributed by atoms with E-state index < -0.39 is 11.9 Å². The van der Waals surface area contributed by atoms with Crippen LogP contribution in [0.1, 0.15) is 96.9 Å². The van der Waals surface area contributed by atoms with Crippen molar-refractivity contribution in [2.45, 2.75) is 80.1 Å². The molecule has 0 fully saturated rings. The largest absolute Gasteiger partial charge is 0.469 e. The van der Waals surface area contributed by atoms with Crippen LogP contribution < -0.4 is 14.2 Å². The number of hydrogen-bond acceptors (Lipinski definition) is 16. The van der Waals surface area contributed by atoms with Crippen LogP contribution in [0, 0.1) is 6.92 Å². The second-order valence-corrected chi connectivity index (χ2v) is 20.5. The summed E-state index contributed by atoms with van der Waals surface area (Å²) in [6, 6.07) is 54.2. The Kier molecular flexibility index (Phi) is 20.2. The van der Waals surface area contributed by atoms with Crippen molar-refractivity contribution in [3.05, 3.63) is 251 Å². The summed E-state index contributed by atoms with van der Waals surface area (Å²) in [5.74, 6) is 1.22. The molecule has 12 rings (SSSR count). The first-order valence-electron chi connectivity index (χ1n) is 29.1. The van der Waals surface area contributed by atoms with Crippen LogP contribution in [0.5, 0.6) is 17.6 Å². The Morgan fingerprint density at radius 2 is 0.742 bits per heavy atom. The van der Waals surface area contributed by atoms with E-state index in [-0.39, 0.29) is 26.3 Å². The maximum Gasteiger partial charge on any atom is 0.305 e. The van der Waals surface area contributed by atoms with Gasteiger partial charge in [0, 0.05) is 69.8 Å². The lowest BCUT2D eigenvalue weighted by atomic mass is 10.1. The van der Waals surface area contributed by atoms with Gasteiger partial charge >= 0.3 is 17.9 Å². The Balaban J connectivity index is 0.000000149. The van der Waals surface area contributed by atoms with E-state index in [1.807, 2.05) is 180 Å². The SMILES string of the molecule is CC(=O)OCOc1c(Cc2ccco2)nc2c(Cc3ccccc3)nc(-c3ccccc3)cn12.CCc1nc2c(Cc3ccccc3)nc(-c3ccccc3)cn2c1OCOC(C)=O.CCc1nc2c(Cc3ccccc3)nc(C)cn2c1OCOC(C)=O. The number of fused-ring (bicyclic) bond motifs is 3. The summed E-state index contributed by atoms with van der Waals surface area (Å²) in [7, 11) is 0. The molecule has 0 saturated carbocycles. The Labute approximate surface area is 514 Å². The number of imidazole rings is 3. The predicted octanol–water partition coefficient (Wildman–Crippen LogP) is 12.6. The van der Waals surface area contributed by atoms with Gasteiger partial charge in [-0.15, -0.1) is 0 Å². The summed E-state index contributed by atoms with van der Waals surface area (Å²) in [5.41, 5.74) is 15.0. The van der Waals surface area contributed by atoms with Crippen molar-refractivity contribution >= 4 is 34.8 Å². The summed E-state index contributed by atoms with van der Waals surface area (Å²) in [6.07, 6.45) is 11.1. The predicted molar refractivity (Wildman–Crippen MR) is 334 cm³/mol. The molecule has 0 saturated heterocycles. The molecule has 0 unspecified atom stereocenters. The topological polar surface area (TPSA) is 210 Å². The van der Waals surface area contributed by atoms with E-state index in [0.717, 1.165) is 84.9 Å².